The molecule has 2 amide bonds. The Bertz CT molecular complexity index is 802. The number of hydrogen-bond donors (Lipinski definition) is 1. The standard InChI is InChI=1S/C19H21N3O4S/c1-2-10-26-18(25)12-6-8-13(9-7-12)20-16(23)11-27-19-21-15-5-3-4-14(15)17(24)22-19/h6-9,14H,2-5,10-11H2,1H3,(H,20,23). The molecule has 0 radical (unpaired) electrons. The van der Waals surface area contributed by atoms with E-state index in [2.05, 4.69) is 15.3 Å². The van der Waals surface area contributed by atoms with E-state index in [1.165, 1.54) is 0 Å². The molecule has 1 aromatic rings. The minimum absolute atomic E-state index is 0.105. The van der Waals surface area contributed by atoms with Gasteiger partial charge in [-0.2, -0.15) is 4.99 Å². The van der Waals surface area contributed by atoms with Gasteiger partial charge in [0, 0.05) is 11.4 Å². The third-order valence-electron chi connectivity index (χ3n) is 4.25. The highest BCUT2D eigenvalue weighted by atomic mass is 32.2. The maximum Gasteiger partial charge on any atom is 0.338 e. The van der Waals surface area contributed by atoms with Crippen LogP contribution in [0.1, 0.15) is 43.0 Å². The monoisotopic (exact) mass is 387 g/mol. The number of fused-ring (bicyclic) bond motifs is 1. The molecule has 2 aliphatic rings. The first-order chi connectivity index (χ1) is 13.1. The summed E-state index contributed by atoms with van der Waals surface area (Å²) >= 11 is 1.15. The van der Waals surface area contributed by atoms with E-state index < -0.39 is 0 Å². The highest BCUT2D eigenvalue weighted by molar-refractivity contribution is 8.14. The van der Waals surface area contributed by atoms with Crippen LogP contribution in [0.4, 0.5) is 5.69 Å². The Balaban J connectivity index is 1.49. The molecule has 1 heterocycles. The number of anilines is 1. The van der Waals surface area contributed by atoms with Crippen molar-refractivity contribution in [2.45, 2.75) is 32.6 Å². The molecule has 1 aliphatic carbocycles. The lowest BCUT2D eigenvalue weighted by atomic mass is 10.1. The summed E-state index contributed by atoms with van der Waals surface area (Å²) in [7, 11) is 0. The first-order valence-corrected chi connectivity index (χ1v) is 9.95. The second kappa shape index (κ2) is 8.94. The Morgan fingerprint density at radius 1 is 1.26 bits per heavy atom. The van der Waals surface area contributed by atoms with Crippen LogP contribution in [0, 0.1) is 5.92 Å². The molecule has 1 fully saturated rings. The fourth-order valence-electron chi connectivity index (χ4n) is 2.91. The van der Waals surface area contributed by atoms with Crippen molar-refractivity contribution in [2.24, 2.45) is 15.9 Å². The number of amidine groups is 1. The van der Waals surface area contributed by atoms with Crippen molar-refractivity contribution in [1.29, 1.82) is 0 Å². The van der Waals surface area contributed by atoms with Gasteiger partial charge in [0.1, 0.15) is 0 Å². The molecule has 0 spiro atoms. The zero-order valence-electron chi connectivity index (χ0n) is 15.1. The average molecular weight is 387 g/mol. The summed E-state index contributed by atoms with van der Waals surface area (Å²) < 4.78 is 5.06. The van der Waals surface area contributed by atoms with E-state index in [1.54, 1.807) is 24.3 Å². The minimum atomic E-state index is -0.380. The number of carbonyl (C=O) groups excluding carboxylic acids is 3. The van der Waals surface area contributed by atoms with Crippen molar-refractivity contribution >= 4 is 46.1 Å². The molecule has 8 heteroatoms. The second-order valence-electron chi connectivity index (χ2n) is 6.33. The van der Waals surface area contributed by atoms with Gasteiger partial charge in [-0.3, -0.25) is 9.59 Å². The van der Waals surface area contributed by atoms with E-state index in [9.17, 15) is 14.4 Å². The number of nitrogens with one attached hydrogen (secondary N) is 1. The number of amides is 2. The SMILES string of the molecule is CCCOC(=O)c1ccc(NC(=O)CSC2=NC(=O)C3CCCC3=N2)cc1. The number of thioether (sulfide) groups is 1. The highest BCUT2D eigenvalue weighted by Crippen LogP contribution is 2.28. The minimum Gasteiger partial charge on any atom is -0.462 e. The molecule has 142 valence electrons. The van der Waals surface area contributed by atoms with Crippen molar-refractivity contribution in [1.82, 2.24) is 0 Å². The summed E-state index contributed by atoms with van der Waals surface area (Å²) in [4.78, 5) is 44.2. The quantitative estimate of drug-likeness (QED) is 0.757. The van der Waals surface area contributed by atoms with E-state index >= 15 is 0 Å². The Kier molecular flexibility index (Phi) is 6.39. The predicted octanol–water partition coefficient (Wildman–Crippen LogP) is 3.06. The van der Waals surface area contributed by atoms with Crippen molar-refractivity contribution in [3.05, 3.63) is 29.8 Å². The van der Waals surface area contributed by atoms with Crippen LogP contribution in [0.3, 0.4) is 0 Å². The molecule has 1 saturated carbocycles. The molecule has 0 bridgehead atoms. The van der Waals surface area contributed by atoms with E-state index in [1.807, 2.05) is 6.92 Å². The molecule has 0 aromatic heterocycles. The van der Waals surface area contributed by atoms with Gasteiger partial charge in [0.2, 0.25) is 5.91 Å². The third-order valence-corrected chi connectivity index (χ3v) is 5.09. The van der Waals surface area contributed by atoms with E-state index in [0.29, 0.717) is 23.0 Å². The highest BCUT2D eigenvalue weighted by Gasteiger charge is 2.32. The maximum atomic E-state index is 12.1. The number of benzene rings is 1. The summed E-state index contributed by atoms with van der Waals surface area (Å²) in [5.74, 6) is -0.801. The van der Waals surface area contributed by atoms with Gasteiger partial charge in [0.15, 0.2) is 5.17 Å². The van der Waals surface area contributed by atoms with Crippen molar-refractivity contribution in [2.75, 3.05) is 17.7 Å². The summed E-state index contributed by atoms with van der Waals surface area (Å²) in [6.45, 7) is 2.31. The molecule has 1 N–H and O–H groups in total. The number of carbonyl (C=O) groups is 3. The average Bonchev–Trinajstić information content (AvgIpc) is 3.14. The van der Waals surface area contributed by atoms with Crippen LogP contribution in [0.25, 0.3) is 0 Å². The summed E-state index contributed by atoms with van der Waals surface area (Å²) in [6, 6.07) is 6.51. The van der Waals surface area contributed by atoms with Crippen LogP contribution in [0.15, 0.2) is 34.3 Å². The smallest absolute Gasteiger partial charge is 0.338 e. The molecule has 7 nitrogen and oxygen atoms in total. The third kappa shape index (κ3) is 5.03. The van der Waals surface area contributed by atoms with Gasteiger partial charge in [-0.1, -0.05) is 18.7 Å². The van der Waals surface area contributed by atoms with Crippen molar-refractivity contribution in [3.63, 3.8) is 0 Å². The number of ether oxygens (including phenoxy) is 1. The fourth-order valence-corrected chi connectivity index (χ4v) is 3.58. The molecule has 0 saturated heterocycles. The van der Waals surface area contributed by atoms with E-state index in [4.69, 9.17) is 4.74 Å². The summed E-state index contributed by atoms with van der Waals surface area (Å²) in [5.41, 5.74) is 1.91. The second-order valence-corrected chi connectivity index (χ2v) is 7.27. The van der Waals surface area contributed by atoms with Crippen LogP contribution in [-0.4, -0.2) is 41.0 Å². The van der Waals surface area contributed by atoms with Crippen LogP contribution in [0.2, 0.25) is 0 Å². The lowest BCUT2D eigenvalue weighted by Gasteiger charge is -2.13. The molecule has 1 atom stereocenters. The van der Waals surface area contributed by atoms with Gasteiger partial charge in [0.25, 0.3) is 5.91 Å². The number of rotatable bonds is 6. The Morgan fingerprint density at radius 2 is 2.04 bits per heavy atom. The topological polar surface area (TPSA) is 97.2 Å². The lowest BCUT2D eigenvalue weighted by Crippen LogP contribution is -2.24. The number of hydrogen-bond acceptors (Lipinski definition) is 6. The fraction of sp³-hybridized carbons (Fsp3) is 0.421. The van der Waals surface area contributed by atoms with Gasteiger partial charge in [-0.15, -0.1) is 0 Å². The Morgan fingerprint density at radius 3 is 2.78 bits per heavy atom. The maximum absolute atomic E-state index is 12.1. The zero-order valence-corrected chi connectivity index (χ0v) is 15.9. The number of esters is 1. The molecule has 1 aliphatic heterocycles. The number of aliphatic imine (C=N–C) groups is 2. The Labute approximate surface area is 161 Å². The molecule has 27 heavy (non-hydrogen) atoms. The molecular weight excluding hydrogens is 366 g/mol. The van der Waals surface area contributed by atoms with Crippen LogP contribution in [0.5, 0.6) is 0 Å². The Hall–Kier alpha value is -2.48. The summed E-state index contributed by atoms with van der Waals surface area (Å²) in [6.07, 6.45) is 3.38. The summed E-state index contributed by atoms with van der Waals surface area (Å²) in [5, 5.41) is 3.11. The molecule has 1 unspecified atom stereocenters. The molecular formula is C19H21N3O4S. The van der Waals surface area contributed by atoms with Crippen LogP contribution in [-0.2, 0) is 14.3 Å². The molecule has 3 rings (SSSR count). The van der Waals surface area contributed by atoms with Gasteiger partial charge in [-0.25, -0.2) is 9.79 Å². The normalized spacial score (nSPS) is 18.4. The van der Waals surface area contributed by atoms with Crippen LogP contribution >= 0.6 is 11.8 Å². The molecule has 1 aromatic carbocycles. The van der Waals surface area contributed by atoms with Crippen molar-refractivity contribution < 1.29 is 19.1 Å². The first-order valence-electron chi connectivity index (χ1n) is 8.96. The van der Waals surface area contributed by atoms with Gasteiger partial charge in [0.05, 0.1) is 23.8 Å². The zero-order chi connectivity index (χ0) is 19.2. The van der Waals surface area contributed by atoms with E-state index in [0.717, 1.165) is 43.2 Å². The van der Waals surface area contributed by atoms with Crippen molar-refractivity contribution in [3.8, 4) is 0 Å². The lowest BCUT2D eigenvalue weighted by molar-refractivity contribution is -0.119. The van der Waals surface area contributed by atoms with Gasteiger partial charge in [-0.05, 0) is 49.9 Å². The number of nitrogens with zero attached hydrogens (tertiary/aromatic N) is 2. The van der Waals surface area contributed by atoms with Crippen LogP contribution < -0.4 is 5.32 Å². The largest absolute Gasteiger partial charge is 0.462 e. The van der Waals surface area contributed by atoms with Gasteiger partial charge < -0.3 is 10.1 Å². The first kappa shape index (κ1) is 19.3. The van der Waals surface area contributed by atoms with E-state index in [-0.39, 0.29) is 29.5 Å². The predicted molar refractivity (Wildman–Crippen MR) is 105 cm³/mol. The van der Waals surface area contributed by atoms with Gasteiger partial charge >= 0.3 is 5.97 Å².